The highest BCUT2D eigenvalue weighted by atomic mass is 16.6. The van der Waals surface area contributed by atoms with E-state index in [-0.39, 0.29) is 11.4 Å². The van der Waals surface area contributed by atoms with Gasteiger partial charge >= 0.3 is 0 Å². The number of nitrogens with zero attached hydrogens (tertiary/aromatic N) is 2. The normalized spacial score (nSPS) is 11.1. The summed E-state index contributed by atoms with van der Waals surface area (Å²) in [6.45, 7) is 4.52. The molecule has 1 amide bonds. The van der Waals surface area contributed by atoms with Gasteiger partial charge in [0.2, 0.25) is 0 Å². The molecule has 0 aliphatic heterocycles. The molecule has 29 heavy (non-hydrogen) atoms. The lowest BCUT2D eigenvalue weighted by Crippen LogP contribution is -2.19. The molecule has 3 aromatic rings. The molecule has 8 nitrogen and oxygen atoms in total. The molecule has 2 aromatic carbocycles. The molecule has 0 aliphatic rings. The molecular formula is C21H22N4O4. The first-order valence-corrected chi connectivity index (χ1v) is 9.33. The van der Waals surface area contributed by atoms with E-state index in [1.54, 1.807) is 19.1 Å². The van der Waals surface area contributed by atoms with E-state index in [0.717, 1.165) is 24.2 Å². The Hall–Kier alpha value is -3.68. The smallest absolute Gasteiger partial charge is 0.293 e. The second-order valence-electron chi connectivity index (χ2n) is 6.55. The molecule has 0 unspecified atom stereocenters. The van der Waals surface area contributed by atoms with Gasteiger partial charge in [-0.25, -0.2) is 5.43 Å². The van der Waals surface area contributed by atoms with E-state index in [0.29, 0.717) is 23.1 Å². The fourth-order valence-electron chi connectivity index (χ4n) is 2.92. The van der Waals surface area contributed by atoms with Crippen molar-refractivity contribution in [2.24, 2.45) is 5.10 Å². The lowest BCUT2D eigenvalue weighted by molar-refractivity contribution is -0.383. The topological polar surface area (TPSA) is 110 Å². The van der Waals surface area contributed by atoms with E-state index in [4.69, 9.17) is 4.74 Å². The Morgan fingerprint density at radius 2 is 2.03 bits per heavy atom. The second-order valence-corrected chi connectivity index (χ2v) is 6.55. The molecule has 0 fully saturated rings. The largest absolute Gasteiger partial charge is 0.494 e. The number of nitrogens with one attached hydrogen (secondary N) is 2. The lowest BCUT2D eigenvalue weighted by Gasteiger charge is -2.04. The number of para-hydroxylation sites is 1. The molecule has 0 aliphatic carbocycles. The van der Waals surface area contributed by atoms with E-state index in [9.17, 15) is 14.9 Å². The zero-order valence-electron chi connectivity index (χ0n) is 16.3. The number of H-pyrrole nitrogens is 1. The number of hydrogen-bond donors (Lipinski definition) is 2. The Morgan fingerprint density at radius 1 is 1.28 bits per heavy atom. The second kappa shape index (κ2) is 9.01. The first-order chi connectivity index (χ1) is 14.0. The Bertz CT molecular complexity index is 1050. The minimum Gasteiger partial charge on any atom is -0.494 e. The van der Waals surface area contributed by atoms with Crippen molar-refractivity contribution in [2.75, 3.05) is 6.61 Å². The standard InChI is InChI=1S/C21H22N4O4/c1-3-4-12-29-16-10-8-15(9-11-16)13-22-24-21(26)19-14(2)17-6-5-7-18(25(27)28)20(17)23-19/h5-11,13,23H,3-4,12H2,1-2H3,(H,24,26). The van der Waals surface area contributed by atoms with E-state index in [1.807, 2.05) is 24.3 Å². The molecule has 3 rings (SSSR count). The van der Waals surface area contributed by atoms with Crippen LogP contribution >= 0.6 is 0 Å². The molecule has 0 atom stereocenters. The van der Waals surface area contributed by atoms with Crippen LogP contribution in [0.2, 0.25) is 0 Å². The van der Waals surface area contributed by atoms with E-state index < -0.39 is 10.8 Å². The molecule has 0 saturated carbocycles. The van der Waals surface area contributed by atoms with Gasteiger partial charge in [0, 0.05) is 11.5 Å². The van der Waals surface area contributed by atoms with Crippen LogP contribution in [0.25, 0.3) is 10.9 Å². The van der Waals surface area contributed by atoms with E-state index >= 15 is 0 Å². The molecular weight excluding hydrogens is 372 g/mol. The van der Waals surface area contributed by atoms with Gasteiger partial charge in [-0.1, -0.05) is 25.5 Å². The highest BCUT2D eigenvalue weighted by Crippen LogP contribution is 2.29. The van der Waals surface area contributed by atoms with Crippen LogP contribution in [0, 0.1) is 17.0 Å². The molecule has 0 radical (unpaired) electrons. The van der Waals surface area contributed by atoms with Crippen LogP contribution in [0.4, 0.5) is 5.69 Å². The number of carbonyl (C=O) groups is 1. The van der Waals surface area contributed by atoms with Gasteiger partial charge in [0.05, 0.1) is 17.7 Å². The van der Waals surface area contributed by atoms with Crippen molar-refractivity contribution in [1.82, 2.24) is 10.4 Å². The number of amides is 1. The summed E-state index contributed by atoms with van der Waals surface area (Å²) in [6, 6.07) is 12.1. The van der Waals surface area contributed by atoms with Gasteiger partial charge in [0.15, 0.2) is 0 Å². The first-order valence-electron chi connectivity index (χ1n) is 9.33. The van der Waals surface area contributed by atoms with Crippen molar-refractivity contribution in [3.8, 4) is 5.75 Å². The number of non-ortho nitro benzene ring substituents is 1. The van der Waals surface area contributed by atoms with Gasteiger partial charge < -0.3 is 9.72 Å². The van der Waals surface area contributed by atoms with Crippen molar-refractivity contribution in [3.63, 3.8) is 0 Å². The molecule has 1 heterocycles. The van der Waals surface area contributed by atoms with Crippen LogP contribution in [0.15, 0.2) is 47.6 Å². The van der Waals surface area contributed by atoms with Crippen molar-refractivity contribution in [2.45, 2.75) is 26.7 Å². The first kappa shape index (κ1) is 20.1. The van der Waals surface area contributed by atoms with Gasteiger partial charge in [-0.05, 0) is 48.7 Å². The van der Waals surface area contributed by atoms with Crippen molar-refractivity contribution >= 4 is 28.7 Å². The highest BCUT2D eigenvalue weighted by molar-refractivity contribution is 6.03. The Kier molecular flexibility index (Phi) is 6.23. The van der Waals surface area contributed by atoms with Gasteiger partial charge in [-0.3, -0.25) is 14.9 Å². The number of nitro benzene ring substituents is 1. The third-order valence-electron chi connectivity index (χ3n) is 4.52. The minimum absolute atomic E-state index is 0.0746. The number of nitro groups is 1. The van der Waals surface area contributed by atoms with Gasteiger partial charge in [-0.2, -0.15) is 5.10 Å². The molecule has 0 saturated heterocycles. The zero-order valence-corrected chi connectivity index (χ0v) is 16.3. The summed E-state index contributed by atoms with van der Waals surface area (Å²) in [6.07, 6.45) is 3.60. The van der Waals surface area contributed by atoms with E-state index in [2.05, 4.69) is 22.4 Å². The predicted octanol–water partition coefficient (Wildman–Crippen LogP) is 4.33. The monoisotopic (exact) mass is 394 g/mol. The molecule has 0 spiro atoms. The van der Waals surface area contributed by atoms with Crippen molar-refractivity contribution in [3.05, 3.63) is 69.4 Å². The number of benzene rings is 2. The van der Waals surface area contributed by atoms with Crippen LogP contribution in [0.1, 0.15) is 41.4 Å². The summed E-state index contributed by atoms with van der Waals surface area (Å²) < 4.78 is 5.60. The number of carbonyl (C=O) groups excluding carboxylic acids is 1. The number of aromatic nitrogens is 1. The van der Waals surface area contributed by atoms with Crippen LogP contribution < -0.4 is 10.2 Å². The number of aryl methyl sites for hydroxylation is 1. The summed E-state index contributed by atoms with van der Waals surface area (Å²) in [5.41, 5.74) is 4.37. The molecule has 8 heteroatoms. The maximum absolute atomic E-state index is 12.5. The maximum atomic E-state index is 12.5. The number of ether oxygens (including phenoxy) is 1. The van der Waals surface area contributed by atoms with Gasteiger partial charge in [-0.15, -0.1) is 0 Å². The number of unbranched alkanes of at least 4 members (excludes halogenated alkanes) is 1. The van der Waals surface area contributed by atoms with Crippen molar-refractivity contribution < 1.29 is 14.5 Å². The van der Waals surface area contributed by atoms with Gasteiger partial charge in [0.25, 0.3) is 11.6 Å². The molecule has 0 bridgehead atoms. The van der Waals surface area contributed by atoms with E-state index in [1.165, 1.54) is 12.3 Å². The van der Waals surface area contributed by atoms with Crippen LogP contribution in [-0.4, -0.2) is 28.6 Å². The molecule has 1 aromatic heterocycles. The minimum atomic E-state index is -0.478. The Labute approximate surface area is 167 Å². The van der Waals surface area contributed by atoms with Gasteiger partial charge in [0.1, 0.15) is 17.0 Å². The third-order valence-corrected chi connectivity index (χ3v) is 4.52. The van der Waals surface area contributed by atoms with Crippen LogP contribution in [0.3, 0.4) is 0 Å². The number of rotatable bonds is 8. The summed E-state index contributed by atoms with van der Waals surface area (Å²) in [5, 5.41) is 15.8. The fraction of sp³-hybridized carbons (Fsp3) is 0.238. The quantitative estimate of drug-likeness (QED) is 0.256. The maximum Gasteiger partial charge on any atom is 0.293 e. The Morgan fingerprint density at radius 3 is 2.72 bits per heavy atom. The summed E-state index contributed by atoms with van der Waals surface area (Å²) >= 11 is 0. The zero-order chi connectivity index (χ0) is 20.8. The Balaban J connectivity index is 1.68. The highest BCUT2D eigenvalue weighted by Gasteiger charge is 2.20. The predicted molar refractivity (Wildman–Crippen MR) is 112 cm³/mol. The third kappa shape index (κ3) is 4.60. The average Bonchev–Trinajstić information content (AvgIpc) is 3.06. The SMILES string of the molecule is CCCCOc1ccc(C=NNC(=O)c2[nH]c3c([N+](=O)[O-])cccc3c2C)cc1. The fourth-order valence-corrected chi connectivity index (χ4v) is 2.92. The van der Waals surface area contributed by atoms with Crippen molar-refractivity contribution in [1.29, 1.82) is 0 Å². The summed E-state index contributed by atoms with van der Waals surface area (Å²) in [7, 11) is 0. The summed E-state index contributed by atoms with van der Waals surface area (Å²) in [4.78, 5) is 26.0. The average molecular weight is 394 g/mol. The van der Waals surface area contributed by atoms with Crippen LogP contribution in [0.5, 0.6) is 5.75 Å². The number of hydrazone groups is 1. The van der Waals surface area contributed by atoms with Crippen LogP contribution in [-0.2, 0) is 0 Å². The number of hydrogen-bond acceptors (Lipinski definition) is 5. The molecule has 150 valence electrons. The lowest BCUT2D eigenvalue weighted by atomic mass is 10.1. The molecule has 2 N–H and O–H groups in total. The summed E-state index contributed by atoms with van der Waals surface area (Å²) in [5.74, 6) is 0.318. The number of aromatic amines is 1. The number of fused-ring (bicyclic) bond motifs is 1.